The number of benzene rings is 1. The summed E-state index contributed by atoms with van der Waals surface area (Å²) < 4.78 is 5.65. The molecule has 1 aromatic rings. The summed E-state index contributed by atoms with van der Waals surface area (Å²) in [4.78, 5) is 12.4. The van der Waals surface area contributed by atoms with Gasteiger partial charge < -0.3 is 9.84 Å². The van der Waals surface area contributed by atoms with Gasteiger partial charge in [0.05, 0.1) is 5.54 Å². The van der Waals surface area contributed by atoms with Crippen molar-refractivity contribution in [2.75, 3.05) is 6.61 Å². The van der Waals surface area contributed by atoms with Crippen molar-refractivity contribution in [1.82, 2.24) is 5.01 Å². The third-order valence-electron chi connectivity index (χ3n) is 3.28. The molecule has 0 aromatic heterocycles. The maximum Gasteiger partial charge on any atom is 0.289 e. The average Bonchev–Trinajstić information content (AvgIpc) is 2.52. The molecule has 0 saturated carbocycles. The van der Waals surface area contributed by atoms with Crippen LogP contribution >= 0.6 is 11.6 Å². The van der Waals surface area contributed by atoms with Gasteiger partial charge in [-0.2, -0.15) is 5.10 Å². The van der Waals surface area contributed by atoms with Crippen LogP contribution in [0, 0.1) is 0 Å². The van der Waals surface area contributed by atoms with Crippen LogP contribution < -0.4 is 4.74 Å². The van der Waals surface area contributed by atoms with Crippen LogP contribution in [0.3, 0.4) is 0 Å². The maximum absolute atomic E-state index is 12.4. The Bertz CT molecular complexity index is 604. The second kappa shape index (κ2) is 8.85. The molecule has 0 spiro atoms. The van der Waals surface area contributed by atoms with E-state index in [-0.39, 0.29) is 11.6 Å². The summed E-state index contributed by atoms with van der Waals surface area (Å²) >= 11 is 6.16. The molecule has 0 bridgehead atoms. The van der Waals surface area contributed by atoms with Gasteiger partial charge in [-0.1, -0.05) is 23.7 Å². The lowest BCUT2D eigenvalue weighted by molar-refractivity contribution is -0.131. The Kier molecular flexibility index (Phi) is 7.45. The molecule has 0 aliphatic heterocycles. The van der Waals surface area contributed by atoms with E-state index in [1.54, 1.807) is 19.1 Å². The number of rotatable bonds is 7. The lowest BCUT2D eigenvalue weighted by atomic mass is 10.1. The molecule has 1 aromatic carbocycles. The van der Waals surface area contributed by atoms with E-state index in [9.17, 15) is 4.79 Å². The fraction of sp³-hybridized carbons (Fsp3) is 0.444. The molecule has 0 fully saturated rings. The molecular weight excluding hydrogens is 328 g/mol. The van der Waals surface area contributed by atoms with Gasteiger partial charge in [0, 0.05) is 13.3 Å². The van der Waals surface area contributed by atoms with E-state index in [0.29, 0.717) is 11.5 Å². The number of aryl methyl sites for hydroxylation is 1. The predicted octanol–water partition coefficient (Wildman–Crippen LogP) is 3.70. The molecule has 1 rings (SSSR count). The summed E-state index contributed by atoms with van der Waals surface area (Å²) in [6.07, 6.45) is 1.52. The molecule has 5 nitrogen and oxygen atoms in total. The van der Waals surface area contributed by atoms with Crippen molar-refractivity contribution in [1.29, 1.82) is 0 Å². The summed E-state index contributed by atoms with van der Waals surface area (Å²) in [6.45, 7) is 10.7. The molecule has 132 valence electrons. The van der Waals surface area contributed by atoms with Crippen LogP contribution in [0.1, 0.15) is 39.7 Å². The van der Waals surface area contributed by atoms with E-state index in [0.717, 1.165) is 18.4 Å². The third-order valence-corrected chi connectivity index (χ3v) is 3.71. The molecule has 0 atom stereocenters. The molecule has 0 aliphatic carbocycles. The summed E-state index contributed by atoms with van der Waals surface area (Å²) in [5.41, 5.74) is 0.572. The number of allylic oxidation sites excluding steroid dienone is 1. The van der Waals surface area contributed by atoms with Gasteiger partial charge in [-0.3, -0.25) is 4.79 Å². The summed E-state index contributed by atoms with van der Waals surface area (Å²) in [6, 6.07) is 7.44. The number of carbonyl (C=O) groups is 1. The first-order chi connectivity index (χ1) is 11.2. The maximum atomic E-state index is 12.4. The minimum atomic E-state index is -0.534. The molecule has 0 unspecified atom stereocenters. The Balaban J connectivity index is 2.87. The van der Waals surface area contributed by atoms with Crippen molar-refractivity contribution in [2.45, 2.75) is 46.1 Å². The van der Waals surface area contributed by atoms with Gasteiger partial charge in [-0.05, 0) is 58.2 Å². The van der Waals surface area contributed by atoms with Crippen molar-refractivity contribution in [3.8, 4) is 5.75 Å². The van der Waals surface area contributed by atoms with Crippen LogP contribution in [0.25, 0.3) is 0 Å². The van der Waals surface area contributed by atoms with E-state index in [1.165, 1.54) is 5.01 Å². The SMILES string of the molecule is C=NN(C(=O)/C(Cl)=C(\C)Oc1ccc(CCCO)cc1)C(C)(C)C. The second-order valence-corrected chi connectivity index (χ2v) is 6.75. The largest absolute Gasteiger partial charge is 0.460 e. The van der Waals surface area contributed by atoms with Crippen molar-refractivity contribution in [2.24, 2.45) is 5.10 Å². The number of nitrogens with zero attached hydrogens (tertiary/aromatic N) is 2. The van der Waals surface area contributed by atoms with E-state index < -0.39 is 11.4 Å². The highest BCUT2D eigenvalue weighted by Crippen LogP contribution is 2.23. The molecule has 6 heteroatoms. The van der Waals surface area contributed by atoms with Crippen LogP contribution in [-0.4, -0.2) is 34.9 Å². The van der Waals surface area contributed by atoms with Gasteiger partial charge >= 0.3 is 0 Å². The van der Waals surface area contributed by atoms with E-state index >= 15 is 0 Å². The Morgan fingerprint density at radius 3 is 2.38 bits per heavy atom. The van der Waals surface area contributed by atoms with Crippen molar-refractivity contribution in [3.63, 3.8) is 0 Å². The lowest BCUT2D eigenvalue weighted by Crippen LogP contribution is -2.42. The topological polar surface area (TPSA) is 62.1 Å². The predicted molar refractivity (Wildman–Crippen MR) is 97.2 cm³/mol. The first-order valence-corrected chi connectivity index (χ1v) is 8.13. The van der Waals surface area contributed by atoms with Crippen LogP contribution in [-0.2, 0) is 11.2 Å². The zero-order valence-corrected chi connectivity index (χ0v) is 15.4. The standard InChI is InChI=1S/C18H25ClN2O3/c1-13(16(19)17(23)21(20-5)18(2,3)4)24-15-10-8-14(9-11-15)7-6-12-22/h8-11,22H,5-7,12H2,1-4H3/b16-13-. The minimum Gasteiger partial charge on any atom is -0.460 e. The van der Waals surface area contributed by atoms with Gasteiger partial charge in [-0.15, -0.1) is 0 Å². The number of amides is 1. The van der Waals surface area contributed by atoms with Crippen molar-refractivity contribution < 1.29 is 14.6 Å². The Labute approximate surface area is 148 Å². The number of aliphatic hydroxyl groups is 1. The number of aliphatic hydroxyl groups excluding tert-OH is 1. The van der Waals surface area contributed by atoms with Crippen molar-refractivity contribution in [3.05, 3.63) is 40.6 Å². The quantitative estimate of drug-likeness (QED) is 0.352. The first-order valence-electron chi connectivity index (χ1n) is 7.76. The lowest BCUT2D eigenvalue weighted by Gasteiger charge is -2.30. The van der Waals surface area contributed by atoms with Crippen LogP contribution in [0.2, 0.25) is 0 Å². The van der Waals surface area contributed by atoms with Gasteiger partial charge in [0.2, 0.25) is 0 Å². The Morgan fingerprint density at radius 2 is 1.92 bits per heavy atom. The fourth-order valence-corrected chi connectivity index (χ4v) is 2.17. The van der Waals surface area contributed by atoms with Gasteiger partial charge in [0.1, 0.15) is 16.5 Å². The Hall–Kier alpha value is -1.85. The molecule has 0 radical (unpaired) electrons. The fourth-order valence-electron chi connectivity index (χ4n) is 2.05. The molecule has 0 heterocycles. The molecule has 0 aliphatic rings. The highest BCUT2D eigenvalue weighted by Gasteiger charge is 2.29. The van der Waals surface area contributed by atoms with E-state index in [1.807, 2.05) is 32.9 Å². The van der Waals surface area contributed by atoms with Crippen molar-refractivity contribution >= 4 is 24.2 Å². The van der Waals surface area contributed by atoms with E-state index in [2.05, 4.69) is 11.8 Å². The first kappa shape index (κ1) is 20.2. The van der Waals surface area contributed by atoms with Crippen LogP contribution in [0.15, 0.2) is 40.2 Å². The number of hydrazone groups is 1. The number of hydrogen-bond donors (Lipinski definition) is 1. The number of ether oxygens (including phenoxy) is 1. The minimum absolute atomic E-state index is 0.0401. The second-order valence-electron chi connectivity index (χ2n) is 6.37. The summed E-state index contributed by atoms with van der Waals surface area (Å²) in [7, 11) is 0. The van der Waals surface area contributed by atoms with Crippen LogP contribution in [0.4, 0.5) is 0 Å². The smallest absolute Gasteiger partial charge is 0.289 e. The van der Waals surface area contributed by atoms with Gasteiger partial charge in [-0.25, -0.2) is 5.01 Å². The Morgan fingerprint density at radius 1 is 1.33 bits per heavy atom. The zero-order valence-electron chi connectivity index (χ0n) is 14.7. The van der Waals surface area contributed by atoms with Gasteiger partial charge in [0.25, 0.3) is 5.91 Å². The average molecular weight is 353 g/mol. The highest BCUT2D eigenvalue weighted by molar-refractivity contribution is 6.42. The monoisotopic (exact) mass is 352 g/mol. The zero-order chi connectivity index (χ0) is 18.3. The highest BCUT2D eigenvalue weighted by atomic mass is 35.5. The van der Waals surface area contributed by atoms with Gasteiger partial charge in [0.15, 0.2) is 0 Å². The molecule has 0 saturated heterocycles. The van der Waals surface area contributed by atoms with Crippen LogP contribution in [0.5, 0.6) is 5.75 Å². The summed E-state index contributed by atoms with van der Waals surface area (Å²) in [5, 5.41) is 13.8. The number of carbonyl (C=O) groups excluding carboxylic acids is 1. The van der Waals surface area contributed by atoms with E-state index in [4.69, 9.17) is 21.4 Å². The molecule has 1 amide bonds. The molecule has 24 heavy (non-hydrogen) atoms. The number of halogens is 1. The molecular formula is C18H25ClN2O3. The number of hydrogen-bond acceptors (Lipinski definition) is 4. The normalized spacial score (nSPS) is 12.4. The molecule has 1 N–H and O–H groups in total. The third kappa shape index (κ3) is 5.65. The summed E-state index contributed by atoms with van der Waals surface area (Å²) in [5.74, 6) is 0.416.